The normalized spacial score (nSPS) is 19.2. The van der Waals surface area contributed by atoms with Crippen LogP contribution < -0.4 is 5.73 Å². The van der Waals surface area contributed by atoms with Crippen molar-refractivity contribution in [2.45, 2.75) is 19.0 Å². The van der Waals surface area contributed by atoms with Gasteiger partial charge in [0.1, 0.15) is 0 Å². The lowest BCUT2D eigenvalue weighted by Crippen LogP contribution is -2.32. The predicted molar refractivity (Wildman–Crippen MR) is 95.6 cm³/mol. The Bertz CT molecular complexity index is 894. The van der Waals surface area contributed by atoms with Crippen molar-refractivity contribution >= 4 is 17.7 Å². The second-order valence-corrected chi connectivity index (χ2v) is 6.74. The summed E-state index contributed by atoms with van der Waals surface area (Å²) in [6, 6.07) is 14.1. The predicted octanol–water partition coefficient (Wildman–Crippen LogP) is 1.66. The van der Waals surface area contributed by atoms with Gasteiger partial charge in [0.15, 0.2) is 0 Å². The zero-order chi connectivity index (χ0) is 18.3. The molecule has 0 radical (unpaired) electrons. The van der Waals surface area contributed by atoms with Crippen LogP contribution in [0.2, 0.25) is 0 Å². The molecule has 2 N–H and O–H groups in total. The van der Waals surface area contributed by atoms with Crippen LogP contribution in [0.5, 0.6) is 0 Å². The molecule has 26 heavy (non-hydrogen) atoms. The smallest absolute Gasteiger partial charge is 0.261 e. The average molecular weight is 349 g/mol. The van der Waals surface area contributed by atoms with Gasteiger partial charge >= 0.3 is 0 Å². The van der Waals surface area contributed by atoms with Crippen LogP contribution in [0.3, 0.4) is 0 Å². The number of imide groups is 1. The Morgan fingerprint density at radius 3 is 2.46 bits per heavy atom. The van der Waals surface area contributed by atoms with Crippen molar-refractivity contribution in [2.24, 2.45) is 5.73 Å². The average Bonchev–Trinajstić information content (AvgIpc) is 3.19. The minimum Gasteiger partial charge on any atom is -0.337 e. The van der Waals surface area contributed by atoms with Crippen LogP contribution in [0.1, 0.15) is 43.1 Å². The van der Waals surface area contributed by atoms with Gasteiger partial charge in [0.25, 0.3) is 17.7 Å². The Balaban J connectivity index is 1.59. The number of hydrogen-bond donors (Lipinski definition) is 1. The maximum Gasteiger partial charge on any atom is 0.261 e. The highest BCUT2D eigenvalue weighted by Crippen LogP contribution is 2.26. The van der Waals surface area contributed by atoms with E-state index in [1.54, 1.807) is 17.0 Å². The number of likely N-dealkylation sites (tertiary alicyclic amines) is 1. The Hall–Kier alpha value is -2.99. The number of carbonyl (C=O) groups excluding carboxylic acids is 3. The Morgan fingerprint density at radius 2 is 1.77 bits per heavy atom. The Labute approximate surface area is 151 Å². The lowest BCUT2D eigenvalue weighted by molar-refractivity contribution is 0.0642. The van der Waals surface area contributed by atoms with E-state index in [2.05, 4.69) is 0 Å². The maximum absolute atomic E-state index is 12.7. The van der Waals surface area contributed by atoms with Gasteiger partial charge < -0.3 is 10.6 Å². The van der Waals surface area contributed by atoms with Gasteiger partial charge in [-0.15, -0.1) is 0 Å². The fourth-order valence-corrected chi connectivity index (χ4v) is 3.49. The highest BCUT2D eigenvalue weighted by Gasteiger charge is 2.36. The summed E-state index contributed by atoms with van der Waals surface area (Å²) >= 11 is 0. The summed E-state index contributed by atoms with van der Waals surface area (Å²) in [5.41, 5.74) is 7.80. The Kier molecular flexibility index (Phi) is 4.05. The third-order valence-electron chi connectivity index (χ3n) is 4.91. The highest BCUT2D eigenvalue weighted by molar-refractivity contribution is 6.22. The number of amides is 3. The van der Waals surface area contributed by atoms with Crippen LogP contribution in [-0.2, 0) is 6.54 Å². The summed E-state index contributed by atoms with van der Waals surface area (Å²) in [7, 11) is 0. The minimum absolute atomic E-state index is 0.00190. The number of nitrogens with zero attached hydrogens (tertiary/aromatic N) is 2. The van der Waals surface area contributed by atoms with E-state index >= 15 is 0 Å². The molecular weight excluding hydrogens is 330 g/mol. The molecule has 0 aliphatic carbocycles. The van der Waals surface area contributed by atoms with Crippen molar-refractivity contribution in [1.29, 1.82) is 0 Å². The first-order chi connectivity index (χ1) is 12.5. The summed E-state index contributed by atoms with van der Waals surface area (Å²) in [5, 5.41) is 0. The van der Waals surface area contributed by atoms with Gasteiger partial charge in [-0.3, -0.25) is 19.3 Å². The molecule has 6 nitrogen and oxygen atoms in total. The van der Waals surface area contributed by atoms with Crippen molar-refractivity contribution in [2.75, 3.05) is 13.1 Å². The summed E-state index contributed by atoms with van der Waals surface area (Å²) < 4.78 is 0. The van der Waals surface area contributed by atoms with Crippen molar-refractivity contribution < 1.29 is 14.4 Å². The number of benzene rings is 2. The van der Waals surface area contributed by atoms with Gasteiger partial charge in [-0.05, 0) is 30.2 Å². The molecule has 1 saturated heterocycles. The number of fused-ring (bicyclic) bond motifs is 1. The van der Waals surface area contributed by atoms with Gasteiger partial charge in [-0.2, -0.15) is 0 Å². The van der Waals surface area contributed by atoms with Crippen LogP contribution in [0.4, 0.5) is 0 Å². The first-order valence-electron chi connectivity index (χ1n) is 8.63. The molecule has 132 valence electrons. The van der Waals surface area contributed by atoms with E-state index in [-0.39, 0.29) is 30.3 Å². The van der Waals surface area contributed by atoms with Crippen molar-refractivity contribution in [3.63, 3.8) is 0 Å². The molecule has 4 rings (SSSR count). The molecule has 0 saturated carbocycles. The molecular formula is C20H19N3O3. The minimum atomic E-state index is -0.360. The third kappa shape index (κ3) is 2.78. The number of nitrogens with two attached hydrogens (primary N) is 1. The van der Waals surface area contributed by atoms with E-state index in [4.69, 9.17) is 5.73 Å². The lowest BCUT2D eigenvalue weighted by Gasteiger charge is -2.16. The van der Waals surface area contributed by atoms with Gasteiger partial charge in [-0.1, -0.05) is 30.3 Å². The second-order valence-electron chi connectivity index (χ2n) is 6.74. The third-order valence-corrected chi connectivity index (χ3v) is 4.91. The van der Waals surface area contributed by atoms with Crippen LogP contribution in [-0.4, -0.2) is 46.7 Å². The summed E-state index contributed by atoms with van der Waals surface area (Å²) in [4.78, 5) is 40.8. The van der Waals surface area contributed by atoms with Crippen LogP contribution in [0, 0.1) is 0 Å². The van der Waals surface area contributed by atoms with Gasteiger partial charge in [0, 0.05) is 24.7 Å². The molecule has 0 unspecified atom stereocenters. The molecule has 2 aliphatic heterocycles. The van der Waals surface area contributed by atoms with Gasteiger partial charge in [0.05, 0.1) is 17.7 Å². The summed E-state index contributed by atoms with van der Waals surface area (Å²) in [5.74, 6) is -0.833. The van der Waals surface area contributed by atoms with E-state index < -0.39 is 0 Å². The lowest BCUT2D eigenvalue weighted by atomic mass is 10.0. The molecule has 0 bridgehead atoms. The first kappa shape index (κ1) is 16.5. The zero-order valence-corrected chi connectivity index (χ0v) is 14.2. The molecule has 1 atom stereocenters. The van der Waals surface area contributed by atoms with Crippen molar-refractivity contribution in [3.05, 3.63) is 70.8 Å². The fraction of sp³-hybridized carbons (Fsp3) is 0.250. The summed E-state index contributed by atoms with van der Waals surface area (Å²) in [6.07, 6.45) is 0.777. The first-order valence-corrected chi connectivity index (χ1v) is 8.63. The SMILES string of the molecule is N[C@H]1CCN(C(=O)c2ccc3c(c2)C(=O)N(Cc2ccccc2)C3=O)C1. The van der Waals surface area contributed by atoms with Crippen LogP contribution >= 0.6 is 0 Å². The topological polar surface area (TPSA) is 83.7 Å². The van der Waals surface area contributed by atoms with E-state index in [0.29, 0.717) is 29.8 Å². The fourth-order valence-electron chi connectivity index (χ4n) is 3.49. The number of carbonyl (C=O) groups is 3. The number of rotatable bonds is 3. The zero-order valence-electron chi connectivity index (χ0n) is 14.2. The quantitative estimate of drug-likeness (QED) is 0.854. The molecule has 2 aromatic rings. The van der Waals surface area contributed by atoms with Crippen molar-refractivity contribution in [3.8, 4) is 0 Å². The second kappa shape index (κ2) is 6.38. The maximum atomic E-state index is 12.7. The standard InChI is InChI=1S/C20H19N3O3/c21-15-8-9-22(12-15)18(24)14-6-7-16-17(10-14)20(26)23(19(16)25)11-13-4-2-1-3-5-13/h1-7,10,15H,8-9,11-12,21H2/t15-/m0/s1. The molecule has 1 fully saturated rings. The molecule has 3 amide bonds. The van der Waals surface area contributed by atoms with Gasteiger partial charge in [-0.25, -0.2) is 0 Å². The van der Waals surface area contributed by atoms with E-state index in [0.717, 1.165) is 12.0 Å². The van der Waals surface area contributed by atoms with Crippen LogP contribution in [0.25, 0.3) is 0 Å². The molecule has 0 spiro atoms. The van der Waals surface area contributed by atoms with E-state index in [9.17, 15) is 14.4 Å². The summed E-state index contributed by atoms with van der Waals surface area (Å²) in [6.45, 7) is 1.35. The molecule has 6 heteroatoms. The Morgan fingerprint density at radius 1 is 1.04 bits per heavy atom. The van der Waals surface area contributed by atoms with E-state index in [1.807, 2.05) is 30.3 Å². The molecule has 2 aliphatic rings. The molecule has 2 aromatic carbocycles. The largest absolute Gasteiger partial charge is 0.337 e. The molecule has 2 heterocycles. The molecule has 0 aromatic heterocycles. The number of hydrogen-bond acceptors (Lipinski definition) is 4. The highest BCUT2D eigenvalue weighted by atomic mass is 16.2. The monoisotopic (exact) mass is 349 g/mol. The van der Waals surface area contributed by atoms with E-state index in [1.165, 1.54) is 11.0 Å². The van der Waals surface area contributed by atoms with Crippen LogP contribution in [0.15, 0.2) is 48.5 Å². The van der Waals surface area contributed by atoms with Crippen molar-refractivity contribution in [1.82, 2.24) is 9.80 Å². The van der Waals surface area contributed by atoms with Gasteiger partial charge in [0.2, 0.25) is 0 Å².